The molecule has 3 rings (SSSR count). The van der Waals surface area contributed by atoms with E-state index in [1.807, 2.05) is 4.90 Å². The predicted octanol–water partition coefficient (Wildman–Crippen LogP) is 3.17. The number of aromatic nitrogens is 2. The number of anilines is 1. The minimum atomic E-state index is -4.79. The van der Waals surface area contributed by atoms with Crippen LogP contribution in [-0.2, 0) is 4.79 Å². The van der Waals surface area contributed by atoms with Crippen LogP contribution in [0.1, 0.15) is 18.4 Å². The zero-order chi connectivity index (χ0) is 20.0. The molecule has 2 heterocycles. The van der Waals surface area contributed by atoms with Crippen molar-refractivity contribution in [2.75, 3.05) is 18.0 Å². The van der Waals surface area contributed by atoms with E-state index in [1.165, 1.54) is 30.4 Å². The zero-order valence-electron chi connectivity index (χ0n) is 14.9. The summed E-state index contributed by atoms with van der Waals surface area (Å²) in [5, 5.41) is 2.87. The number of carbonyl (C=O) groups is 1. The predicted molar refractivity (Wildman–Crippen MR) is 97.6 cm³/mol. The molecule has 1 aromatic carbocycles. The lowest BCUT2D eigenvalue weighted by molar-refractivity contribution is -0.274. The second-order valence-corrected chi connectivity index (χ2v) is 6.24. The molecular formula is C19H19F3N4O2. The van der Waals surface area contributed by atoms with E-state index in [0.717, 1.165) is 12.8 Å². The molecule has 1 N–H and O–H groups in total. The molecule has 0 aliphatic carbocycles. The second-order valence-electron chi connectivity index (χ2n) is 6.24. The molecule has 2 aromatic rings. The number of rotatable bonds is 5. The summed E-state index contributed by atoms with van der Waals surface area (Å²) in [4.78, 5) is 22.6. The number of ether oxygens (including phenoxy) is 1. The van der Waals surface area contributed by atoms with Gasteiger partial charge in [0, 0.05) is 43.2 Å². The van der Waals surface area contributed by atoms with Gasteiger partial charge in [-0.25, -0.2) is 9.97 Å². The first-order valence-electron chi connectivity index (χ1n) is 8.76. The van der Waals surface area contributed by atoms with Crippen molar-refractivity contribution in [2.24, 2.45) is 0 Å². The Kier molecular flexibility index (Phi) is 6.13. The third-order valence-corrected chi connectivity index (χ3v) is 4.24. The van der Waals surface area contributed by atoms with E-state index in [-0.39, 0.29) is 23.3 Å². The molecule has 9 heteroatoms. The van der Waals surface area contributed by atoms with Gasteiger partial charge < -0.3 is 15.0 Å². The maximum absolute atomic E-state index is 12.4. The van der Waals surface area contributed by atoms with Crippen LogP contribution in [0.4, 0.5) is 19.1 Å². The number of piperidine rings is 1. The first-order chi connectivity index (χ1) is 13.4. The lowest BCUT2D eigenvalue weighted by atomic mass is 10.1. The monoisotopic (exact) mass is 392 g/mol. The highest BCUT2D eigenvalue weighted by atomic mass is 19.4. The number of carbonyl (C=O) groups excluding carboxylic acids is 1. The molecular weight excluding hydrogens is 373 g/mol. The van der Waals surface area contributed by atoms with E-state index in [2.05, 4.69) is 20.0 Å². The van der Waals surface area contributed by atoms with E-state index in [4.69, 9.17) is 0 Å². The first-order valence-corrected chi connectivity index (χ1v) is 8.76. The summed E-state index contributed by atoms with van der Waals surface area (Å²) in [5.41, 5.74) is 0.172. The fourth-order valence-corrected chi connectivity index (χ4v) is 2.93. The molecule has 1 aliphatic heterocycles. The highest BCUT2D eigenvalue weighted by Crippen LogP contribution is 2.27. The van der Waals surface area contributed by atoms with Gasteiger partial charge in [-0.2, -0.15) is 0 Å². The minimum Gasteiger partial charge on any atom is -0.405 e. The minimum absolute atomic E-state index is 0.0150. The van der Waals surface area contributed by atoms with E-state index in [9.17, 15) is 18.0 Å². The fraction of sp³-hybridized carbons (Fsp3) is 0.316. The molecule has 1 aromatic heterocycles. The van der Waals surface area contributed by atoms with Crippen LogP contribution >= 0.6 is 0 Å². The number of hydrogen-bond acceptors (Lipinski definition) is 5. The Morgan fingerprint density at radius 3 is 2.50 bits per heavy atom. The Labute approximate surface area is 160 Å². The Balaban J connectivity index is 1.53. The number of nitrogens with zero attached hydrogens (tertiary/aromatic N) is 3. The van der Waals surface area contributed by atoms with Crippen LogP contribution in [0.5, 0.6) is 5.75 Å². The Morgan fingerprint density at radius 2 is 1.82 bits per heavy atom. The summed E-state index contributed by atoms with van der Waals surface area (Å²) in [6.45, 7) is 1.42. The van der Waals surface area contributed by atoms with Crippen LogP contribution in [0.25, 0.3) is 6.08 Å². The van der Waals surface area contributed by atoms with Crippen molar-refractivity contribution < 1.29 is 22.7 Å². The van der Waals surface area contributed by atoms with Crippen LogP contribution < -0.4 is 15.0 Å². The van der Waals surface area contributed by atoms with E-state index >= 15 is 0 Å². The quantitative estimate of drug-likeness (QED) is 0.792. The summed E-state index contributed by atoms with van der Waals surface area (Å²) in [7, 11) is 0. The van der Waals surface area contributed by atoms with E-state index < -0.39 is 6.36 Å². The van der Waals surface area contributed by atoms with Gasteiger partial charge in [-0.1, -0.05) is 18.2 Å². The van der Waals surface area contributed by atoms with Crippen LogP contribution in [0, 0.1) is 0 Å². The molecule has 1 saturated heterocycles. The van der Waals surface area contributed by atoms with Crippen molar-refractivity contribution >= 4 is 17.9 Å². The number of amides is 1. The molecule has 6 nitrogen and oxygen atoms in total. The number of hydrogen-bond donors (Lipinski definition) is 1. The van der Waals surface area contributed by atoms with Gasteiger partial charge in [-0.3, -0.25) is 4.79 Å². The van der Waals surface area contributed by atoms with Crippen LogP contribution in [0.2, 0.25) is 0 Å². The first kappa shape index (κ1) is 19.7. The molecule has 28 heavy (non-hydrogen) atoms. The summed E-state index contributed by atoms with van der Waals surface area (Å²) >= 11 is 0. The van der Waals surface area contributed by atoms with Gasteiger partial charge in [0.15, 0.2) is 0 Å². The van der Waals surface area contributed by atoms with Crippen molar-refractivity contribution in [3.8, 4) is 5.75 Å². The summed E-state index contributed by atoms with van der Waals surface area (Å²) < 4.78 is 41.3. The van der Waals surface area contributed by atoms with Crippen molar-refractivity contribution in [1.82, 2.24) is 15.3 Å². The average molecular weight is 392 g/mol. The number of halogens is 3. The normalized spacial score (nSPS) is 15.6. The van der Waals surface area contributed by atoms with Crippen LogP contribution in [0.3, 0.4) is 0 Å². The number of para-hydroxylation sites is 1. The smallest absolute Gasteiger partial charge is 0.405 e. The molecule has 1 amide bonds. The molecule has 0 radical (unpaired) electrons. The van der Waals surface area contributed by atoms with Gasteiger partial charge in [0.25, 0.3) is 0 Å². The summed E-state index contributed by atoms with van der Waals surface area (Å²) in [6, 6.07) is 7.39. The number of nitrogens with one attached hydrogen (secondary N) is 1. The highest BCUT2D eigenvalue weighted by Gasteiger charge is 2.31. The maximum atomic E-state index is 12.4. The van der Waals surface area contributed by atoms with E-state index in [1.54, 1.807) is 24.5 Å². The van der Waals surface area contributed by atoms with Crippen molar-refractivity contribution in [2.45, 2.75) is 25.2 Å². The van der Waals surface area contributed by atoms with Crippen molar-refractivity contribution in [1.29, 1.82) is 0 Å². The van der Waals surface area contributed by atoms with Crippen molar-refractivity contribution in [3.05, 3.63) is 54.4 Å². The molecule has 0 saturated carbocycles. The molecule has 1 fully saturated rings. The average Bonchev–Trinajstić information content (AvgIpc) is 2.67. The third-order valence-electron chi connectivity index (χ3n) is 4.24. The van der Waals surface area contributed by atoms with Crippen LogP contribution in [0.15, 0.2) is 48.8 Å². The molecule has 148 valence electrons. The second kappa shape index (κ2) is 8.73. The van der Waals surface area contributed by atoms with E-state index in [0.29, 0.717) is 19.0 Å². The molecule has 0 unspecified atom stereocenters. The van der Waals surface area contributed by atoms with Gasteiger partial charge in [0.1, 0.15) is 5.75 Å². The molecule has 1 aliphatic rings. The standard InChI is InChI=1S/C19H19F3N4O2/c20-19(21,22)28-16-5-2-1-4-14(16)6-7-17(27)25-15-8-12-26(13-9-15)18-23-10-3-11-24-18/h1-7,10-11,15H,8-9,12-13H2,(H,25,27). The Morgan fingerprint density at radius 1 is 1.14 bits per heavy atom. The molecule has 0 atom stereocenters. The zero-order valence-corrected chi connectivity index (χ0v) is 14.9. The number of alkyl halides is 3. The largest absolute Gasteiger partial charge is 0.573 e. The molecule has 0 bridgehead atoms. The third kappa shape index (κ3) is 5.70. The SMILES string of the molecule is O=C(C=Cc1ccccc1OC(F)(F)F)NC1CCN(c2ncccn2)CC1. The highest BCUT2D eigenvalue weighted by molar-refractivity contribution is 5.92. The van der Waals surface area contributed by atoms with Crippen LogP contribution in [-0.4, -0.2) is 41.4 Å². The van der Waals surface area contributed by atoms with Gasteiger partial charge in [0.2, 0.25) is 11.9 Å². The lowest BCUT2D eigenvalue weighted by Crippen LogP contribution is -2.44. The Hall–Kier alpha value is -3.10. The van der Waals surface area contributed by atoms with Gasteiger partial charge in [0.05, 0.1) is 0 Å². The number of benzene rings is 1. The van der Waals surface area contributed by atoms with Gasteiger partial charge in [-0.05, 0) is 31.1 Å². The summed E-state index contributed by atoms with van der Waals surface area (Å²) in [5.74, 6) is -0.0557. The van der Waals surface area contributed by atoms with Gasteiger partial charge in [-0.15, -0.1) is 13.2 Å². The van der Waals surface area contributed by atoms with Crippen molar-refractivity contribution in [3.63, 3.8) is 0 Å². The topological polar surface area (TPSA) is 67.3 Å². The molecule has 0 spiro atoms. The van der Waals surface area contributed by atoms with Gasteiger partial charge >= 0.3 is 6.36 Å². The Bertz CT molecular complexity index is 819. The maximum Gasteiger partial charge on any atom is 0.573 e. The summed E-state index contributed by atoms with van der Waals surface area (Å²) in [6.07, 6.45) is 2.55. The fourth-order valence-electron chi connectivity index (χ4n) is 2.93. The lowest BCUT2D eigenvalue weighted by Gasteiger charge is -2.32.